The zero-order valence-electron chi connectivity index (χ0n) is 9.42. The van der Waals surface area contributed by atoms with Crippen molar-refractivity contribution in [3.05, 3.63) is 0 Å². The molecule has 2 nitrogen and oxygen atoms in total. The Labute approximate surface area is 90.8 Å². The van der Waals surface area contributed by atoms with Crippen molar-refractivity contribution in [1.82, 2.24) is 0 Å². The van der Waals surface area contributed by atoms with E-state index in [0.717, 1.165) is 0 Å². The molecule has 14 heavy (non-hydrogen) atoms. The van der Waals surface area contributed by atoms with E-state index < -0.39 is 8.07 Å². The molecule has 4 radical (unpaired) electrons. The van der Waals surface area contributed by atoms with Crippen molar-refractivity contribution in [2.45, 2.75) is 39.0 Å². The lowest BCUT2D eigenvalue weighted by Gasteiger charge is -2.05. The van der Waals surface area contributed by atoms with E-state index in [4.69, 9.17) is 5.73 Å². The first-order valence-corrected chi connectivity index (χ1v) is 7.92. The Morgan fingerprint density at radius 2 is 1.86 bits per heavy atom. The summed E-state index contributed by atoms with van der Waals surface area (Å²) in [6.45, 7) is 8.00. The SMILES string of the molecule is CC(=O)C[C@@H](N)C#C[Si](C)(C)C.[B][B]. The summed E-state index contributed by atoms with van der Waals surface area (Å²) in [7, 11) is 6.68. The van der Waals surface area contributed by atoms with Crippen LogP contribution < -0.4 is 5.73 Å². The molecule has 74 valence electrons. The first kappa shape index (κ1) is 16.0. The first-order valence-electron chi connectivity index (χ1n) is 4.42. The molecule has 0 bridgehead atoms. The van der Waals surface area contributed by atoms with Gasteiger partial charge in [-0.3, -0.25) is 4.79 Å². The summed E-state index contributed by atoms with van der Waals surface area (Å²) in [6.07, 6.45) is 0.373. The van der Waals surface area contributed by atoms with Gasteiger partial charge in [0.2, 0.25) is 0 Å². The number of hydrogen-bond donors (Lipinski definition) is 1. The van der Waals surface area contributed by atoms with Gasteiger partial charge in [-0.25, -0.2) is 0 Å². The van der Waals surface area contributed by atoms with Crippen molar-refractivity contribution < 1.29 is 4.79 Å². The van der Waals surface area contributed by atoms with Gasteiger partial charge in [0.05, 0.1) is 6.04 Å². The fourth-order valence-corrected chi connectivity index (χ4v) is 1.29. The first-order chi connectivity index (χ1) is 6.31. The van der Waals surface area contributed by atoms with E-state index in [1.807, 2.05) is 0 Å². The maximum absolute atomic E-state index is 10.6. The quantitative estimate of drug-likeness (QED) is 0.524. The smallest absolute Gasteiger partial charge is 0.132 e. The van der Waals surface area contributed by atoms with Gasteiger partial charge in [0.15, 0.2) is 0 Å². The Bertz CT molecular complexity index is 227. The van der Waals surface area contributed by atoms with Crippen LogP contribution in [-0.4, -0.2) is 35.4 Å². The number of rotatable bonds is 2. The van der Waals surface area contributed by atoms with Crippen LogP contribution in [0.4, 0.5) is 0 Å². The molecule has 0 rings (SSSR count). The van der Waals surface area contributed by atoms with Crippen LogP contribution in [0.5, 0.6) is 0 Å². The molecule has 0 aliphatic carbocycles. The molecule has 0 aromatic rings. The van der Waals surface area contributed by atoms with Gasteiger partial charge in [0, 0.05) is 21.9 Å². The van der Waals surface area contributed by atoms with Crippen LogP contribution in [0.3, 0.4) is 0 Å². The predicted molar refractivity (Wildman–Crippen MR) is 65.9 cm³/mol. The number of nitrogens with two attached hydrogens (primary N) is 1. The fourth-order valence-electron chi connectivity index (χ4n) is 0.670. The molecular formula is C9H17B2NOSi. The van der Waals surface area contributed by atoms with Crippen LogP contribution in [-0.2, 0) is 4.79 Å². The third-order valence-electron chi connectivity index (χ3n) is 1.14. The van der Waals surface area contributed by atoms with Gasteiger partial charge < -0.3 is 5.73 Å². The highest BCUT2D eigenvalue weighted by Crippen LogP contribution is 1.97. The lowest BCUT2D eigenvalue weighted by atomic mass is 9.81. The van der Waals surface area contributed by atoms with Gasteiger partial charge in [-0.15, -0.1) is 5.54 Å². The normalized spacial score (nSPS) is 11.5. The summed E-state index contributed by atoms with van der Waals surface area (Å²) < 4.78 is 0. The topological polar surface area (TPSA) is 43.1 Å². The zero-order chi connectivity index (χ0) is 11.8. The highest BCUT2D eigenvalue weighted by Gasteiger charge is 2.08. The Kier molecular flexibility index (Phi) is 9.02. The fraction of sp³-hybridized carbons (Fsp3) is 0.667. The number of carbonyl (C=O) groups excluding carboxylic acids is 1. The average molecular weight is 205 g/mol. The van der Waals surface area contributed by atoms with Gasteiger partial charge in [0.25, 0.3) is 0 Å². The number of ketones is 1. The zero-order valence-corrected chi connectivity index (χ0v) is 10.4. The molecule has 0 heterocycles. The second kappa shape index (κ2) is 7.90. The molecule has 0 aliphatic heterocycles. The van der Waals surface area contributed by atoms with Crippen LogP contribution in [0.2, 0.25) is 19.6 Å². The van der Waals surface area contributed by atoms with E-state index in [1.54, 1.807) is 0 Å². The Balaban J connectivity index is 0. The molecule has 0 amide bonds. The molecule has 0 aliphatic rings. The van der Waals surface area contributed by atoms with E-state index in [9.17, 15) is 4.79 Å². The summed E-state index contributed by atoms with van der Waals surface area (Å²) in [5.41, 5.74) is 8.75. The van der Waals surface area contributed by atoms with Crippen molar-refractivity contribution in [1.29, 1.82) is 0 Å². The summed E-state index contributed by atoms with van der Waals surface area (Å²) in [5.74, 6) is 3.03. The van der Waals surface area contributed by atoms with Crippen molar-refractivity contribution in [3.63, 3.8) is 0 Å². The van der Waals surface area contributed by atoms with E-state index in [-0.39, 0.29) is 11.8 Å². The molecule has 2 N–H and O–H groups in total. The van der Waals surface area contributed by atoms with Crippen molar-refractivity contribution in [3.8, 4) is 11.5 Å². The summed E-state index contributed by atoms with van der Waals surface area (Å²) in [6, 6.07) is -0.269. The van der Waals surface area contributed by atoms with Gasteiger partial charge in [-0.05, 0) is 6.92 Å². The lowest BCUT2D eigenvalue weighted by molar-refractivity contribution is -0.117. The largest absolute Gasteiger partial charge is 0.317 e. The average Bonchev–Trinajstić information content (AvgIpc) is 2.02. The van der Waals surface area contributed by atoms with Crippen LogP contribution >= 0.6 is 0 Å². The molecule has 0 unspecified atom stereocenters. The highest BCUT2D eigenvalue weighted by molar-refractivity contribution is 6.83. The second-order valence-corrected chi connectivity index (χ2v) is 8.78. The van der Waals surface area contributed by atoms with Crippen molar-refractivity contribution >= 4 is 29.3 Å². The monoisotopic (exact) mass is 205 g/mol. The van der Waals surface area contributed by atoms with E-state index >= 15 is 0 Å². The molecule has 0 saturated carbocycles. The lowest BCUT2D eigenvalue weighted by Crippen LogP contribution is -2.23. The van der Waals surface area contributed by atoms with Crippen molar-refractivity contribution in [2.24, 2.45) is 5.73 Å². The summed E-state index contributed by atoms with van der Waals surface area (Å²) in [4.78, 5) is 10.6. The molecule has 0 aromatic heterocycles. The molecule has 0 spiro atoms. The van der Waals surface area contributed by atoms with E-state index in [1.165, 1.54) is 6.92 Å². The molecule has 1 atom stereocenters. The van der Waals surface area contributed by atoms with Crippen molar-refractivity contribution in [2.75, 3.05) is 0 Å². The Morgan fingerprint density at radius 1 is 1.43 bits per heavy atom. The third-order valence-corrected chi connectivity index (χ3v) is 2.03. The number of hydrogen-bond acceptors (Lipinski definition) is 2. The van der Waals surface area contributed by atoms with Crippen LogP contribution in [0.25, 0.3) is 0 Å². The van der Waals surface area contributed by atoms with E-state index in [2.05, 4.69) is 46.6 Å². The summed E-state index contributed by atoms with van der Waals surface area (Å²) in [5, 5.41) is 0. The minimum Gasteiger partial charge on any atom is -0.317 e. The molecule has 5 heteroatoms. The highest BCUT2D eigenvalue weighted by atomic mass is 28.3. The predicted octanol–water partition coefficient (Wildman–Crippen LogP) is 0.412. The van der Waals surface area contributed by atoms with E-state index in [0.29, 0.717) is 6.42 Å². The van der Waals surface area contributed by atoms with Gasteiger partial charge in [-0.2, -0.15) is 0 Å². The summed E-state index contributed by atoms with van der Waals surface area (Å²) >= 11 is 0. The molecular weight excluding hydrogens is 188 g/mol. The third kappa shape index (κ3) is 14.1. The number of carbonyl (C=O) groups is 1. The molecule has 0 fully saturated rings. The minimum atomic E-state index is -1.32. The Hall–Kier alpha value is -0.463. The van der Waals surface area contributed by atoms with Gasteiger partial charge >= 0.3 is 0 Å². The van der Waals surface area contributed by atoms with Gasteiger partial charge in [-0.1, -0.05) is 25.6 Å². The van der Waals surface area contributed by atoms with Crippen LogP contribution in [0.1, 0.15) is 13.3 Å². The number of Topliss-reactive ketones (excluding diaryl/α,β-unsaturated/α-hetero) is 1. The standard InChI is InChI=1S/C9H17NOSi.B2/c1-8(11)7-9(10)5-6-12(2,3)4;1-2/h9H,7,10H2,1-4H3;/t9-;/m0./s1. The van der Waals surface area contributed by atoms with Crippen LogP contribution in [0, 0.1) is 11.5 Å². The second-order valence-electron chi connectivity index (χ2n) is 4.03. The minimum absolute atomic E-state index is 0.104. The molecule has 0 aromatic carbocycles. The van der Waals surface area contributed by atoms with Gasteiger partial charge in [0.1, 0.15) is 13.9 Å². The molecule has 0 saturated heterocycles. The maximum atomic E-state index is 10.6. The van der Waals surface area contributed by atoms with Crippen LogP contribution in [0.15, 0.2) is 0 Å². The Morgan fingerprint density at radius 3 is 2.14 bits per heavy atom. The maximum Gasteiger partial charge on any atom is 0.132 e.